The first-order chi connectivity index (χ1) is 10.6. The number of ether oxygens (including phenoxy) is 1. The summed E-state index contributed by atoms with van der Waals surface area (Å²) in [5.41, 5.74) is 9.13. The van der Waals surface area contributed by atoms with Gasteiger partial charge in [0.1, 0.15) is 6.54 Å². The van der Waals surface area contributed by atoms with Gasteiger partial charge < -0.3 is 15.4 Å². The molecule has 5 nitrogen and oxygen atoms in total. The monoisotopic (exact) mass is 296 g/mol. The minimum absolute atomic E-state index is 0.172. The second kappa shape index (κ2) is 5.52. The van der Waals surface area contributed by atoms with Crippen molar-refractivity contribution in [3.05, 3.63) is 59.7 Å². The lowest BCUT2D eigenvalue weighted by molar-refractivity contribution is -0.118. The van der Waals surface area contributed by atoms with Crippen LogP contribution in [0.5, 0.6) is 0 Å². The summed E-state index contributed by atoms with van der Waals surface area (Å²) in [5.74, 6) is -0.577. The average molecular weight is 296 g/mol. The van der Waals surface area contributed by atoms with Gasteiger partial charge in [0, 0.05) is 18.2 Å². The van der Waals surface area contributed by atoms with Crippen LogP contribution in [-0.4, -0.2) is 30.5 Å². The number of benzene rings is 2. The molecule has 3 rings (SSSR count). The van der Waals surface area contributed by atoms with Crippen LogP contribution in [0.1, 0.15) is 17.2 Å². The van der Waals surface area contributed by atoms with E-state index in [1.54, 1.807) is 0 Å². The molecule has 0 heterocycles. The molecule has 0 aromatic heterocycles. The number of primary amides is 1. The Balaban J connectivity index is 1.91. The van der Waals surface area contributed by atoms with Crippen LogP contribution in [0, 0.1) is 0 Å². The Morgan fingerprint density at radius 3 is 2.05 bits per heavy atom. The van der Waals surface area contributed by atoms with Gasteiger partial charge in [-0.1, -0.05) is 48.5 Å². The Bertz CT molecular complexity index is 697. The molecule has 0 aliphatic heterocycles. The molecule has 112 valence electrons. The van der Waals surface area contributed by atoms with Gasteiger partial charge in [0.2, 0.25) is 5.91 Å². The van der Waals surface area contributed by atoms with Crippen LogP contribution in [0.4, 0.5) is 4.79 Å². The Hall–Kier alpha value is -2.82. The van der Waals surface area contributed by atoms with E-state index in [1.807, 2.05) is 48.5 Å². The number of likely N-dealkylation sites (N-methyl/N-ethyl adjacent to an activating group) is 1. The summed E-state index contributed by atoms with van der Waals surface area (Å²) in [6.45, 7) is -0.172. The Kier molecular flexibility index (Phi) is 3.55. The van der Waals surface area contributed by atoms with Crippen molar-refractivity contribution >= 4 is 12.0 Å². The number of nitrogens with two attached hydrogens (primary N) is 1. The zero-order chi connectivity index (χ0) is 15.7. The maximum atomic E-state index is 12.2. The van der Waals surface area contributed by atoms with Crippen LogP contribution in [0.3, 0.4) is 0 Å². The normalized spacial score (nSPS) is 12.4. The molecule has 0 bridgehead atoms. The summed E-state index contributed by atoms with van der Waals surface area (Å²) < 4.78 is 5.61. The van der Waals surface area contributed by atoms with Crippen LogP contribution in [0.2, 0.25) is 0 Å². The van der Waals surface area contributed by atoms with Gasteiger partial charge in [-0.15, -0.1) is 0 Å². The molecule has 0 saturated carbocycles. The zero-order valence-electron chi connectivity index (χ0n) is 12.2. The van der Waals surface area contributed by atoms with Crippen molar-refractivity contribution in [2.24, 2.45) is 5.73 Å². The number of carbonyl (C=O) groups excluding carboxylic acids is 2. The molecular formula is C17H16N2O3. The Morgan fingerprint density at radius 1 is 1.05 bits per heavy atom. The van der Waals surface area contributed by atoms with Crippen LogP contribution < -0.4 is 5.73 Å². The summed E-state index contributed by atoms with van der Waals surface area (Å²) in [4.78, 5) is 24.2. The quantitative estimate of drug-likeness (QED) is 0.944. The number of carbonyl (C=O) groups is 2. The first kappa shape index (κ1) is 14.1. The summed E-state index contributed by atoms with van der Waals surface area (Å²) in [5, 5.41) is 0. The predicted octanol–water partition coefficient (Wildman–Crippen LogP) is 2.31. The predicted molar refractivity (Wildman–Crippen MR) is 82.0 cm³/mol. The number of hydrogen-bond acceptors (Lipinski definition) is 3. The number of nitrogens with zero attached hydrogens (tertiary/aromatic N) is 1. The third kappa shape index (κ3) is 2.41. The van der Waals surface area contributed by atoms with Crippen molar-refractivity contribution in [3.8, 4) is 11.1 Å². The molecular weight excluding hydrogens is 280 g/mol. The molecule has 0 spiro atoms. The summed E-state index contributed by atoms with van der Waals surface area (Å²) in [7, 11) is 1.49. The minimum Gasteiger partial charge on any atom is -0.436 e. The highest BCUT2D eigenvalue weighted by Crippen LogP contribution is 2.45. The van der Waals surface area contributed by atoms with E-state index < -0.39 is 18.1 Å². The highest BCUT2D eigenvalue weighted by molar-refractivity contribution is 5.82. The standard InChI is InChI=1S/C17H16N2O3/c1-19(10-15(18)20)17(21)22-16-13-8-4-2-6-11(13)12-7-3-5-9-14(12)16/h2-9,16H,10H2,1H3,(H2,18,20). The van der Waals surface area contributed by atoms with Gasteiger partial charge in [-0.25, -0.2) is 4.79 Å². The summed E-state index contributed by atoms with van der Waals surface area (Å²) >= 11 is 0. The lowest BCUT2D eigenvalue weighted by Gasteiger charge is -2.20. The third-order valence-electron chi connectivity index (χ3n) is 3.70. The number of amides is 2. The number of rotatable bonds is 3. The molecule has 5 heteroatoms. The first-order valence-corrected chi connectivity index (χ1v) is 6.96. The second-order valence-electron chi connectivity index (χ2n) is 5.26. The number of fused-ring (bicyclic) bond motifs is 3. The van der Waals surface area contributed by atoms with Crippen molar-refractivity contribution in [1.29, 1.82) is 0 Å². The molecule has 1 aliphatic rings. The van der Waals surface area contributed by atoms with Crippen molar-refractivity contribution in [1.82, 2.24) is 4.90 Å². The highest BCUT2D eigenvalue weighted by atomic mass is 16.6. The van der Waals surface area contributed by atoms with Crippen LogP contribution >= 0.6 is 0 Å². The fourth-order valence-corrected chi connectivity index (χ4v) is 2.73. The Labute approximate surface area is 128 Å². The lowest BCUT2D eigenvalue weighted by Crippen LogP contribution is -2.36. The van der Waals surface area contributed by atoms with E-state index in [2.05, 4.69) is 0 Å². The number of hydrogen-bond donors (Lipinski definition) is 1. The fourth-order valence-electron chi connectivity index (χ4n) is 2.73. The van der Waals surface area contributed by atoms with Gasteiger partial charge in [0.05, 0.1) is 0 Å². The van der Waals surface area contributed by atoms with E-state index in [0.717, 1.165) is 22.3 Å². The molecule has 22 heavy (non-hydrogen) atoms. The minimum atomic E-state index is -0.577. The molecule has 0 fully saturated rings. The smallest absolute Gasteiger partial charge is 0.410 e. The molecule has 0 unspecified atom stereocenters. The van der Waals surface area contributed by atoms with E-state index in [4.69, 9.17) is 10.5 Å². The molecule has 0 saturated heterocycles. The van der Waals surface area contributed by atoms with Crippen LogP contribution in [-0.2, 0) is 9.53 Å². The highest BCUT2D eigenvalue weighted by Gasteiger charge is 2.31. The Morgan fingerprint density at radius 2 is 1.55 bits per heavy atom. The first-order valence-electron chi connectivity index (χ1n) is 6.96. The van der Waals surface area contributed by atoms with Crippen molar-refractivity contribution in [2.45, 2.75) is 6.10 Å². The van der Waals surface area contributed by atoms with E-state index in [1.165, 1.54) is 11.9 Å². The van der Waals surface area contributed by atoms with E-state index in [-0.39, 0.29) is 6.54 Å². The maximum Gasteiger partial charge on any atom is 0.410 e. The third-order valence-corrected chi connectivity index (χ3v) is 3.70. The van der Waals surface area contributed by atoms with Crippen molar-refractivity contribution in [3.63, 3.8) is 0 Å². The second-order valence-corrected chi connectivity index (χ2v) is 5.26. The van der Waals surface area contributed by atoms with Crippen LogP contribution in [0.25, 0.3) is 11.1 Å². The van der Waals surface area contributed by atoms with E-state index in [0.29, 0.717) is 0 Å². The molecule has 2 N–H and O–H groups in total. The zero-order valence-corrected chi connectivity index (χ0v) is 12.2. The van der Waals surface area contributed by atoms with Crippen LogP contribution in [0.15, 0.2) is 48.5 Å². The van der Waals surface area contributed by atoms with E-state index in [9.17, 15) is 9.59 Å². The van der Waals surface area contributed by atoms with Gasteiger partial charge in [0.25, 0.3) is 0 Å². The van der Waals surface area contributed by atoms with Gasteiger partial charge in [0.15, 0.2) is 6.10 Å². The van der Waals surface area contributed by atoms with Gasteiger partial charge in [-0.3, -0.25) is 4.79 Å². The van der Waals surface area contributed by atoms with Crippen molar-refractivity contribution in [2.75, 3.05) is 13.6 Å². The van der Waals surface area contributed by atoms with Gasteiger partial charge >= 0.3 is 6.09 Å². The van der Waals surface area contributed by atoms with E-state index >= 15 is 0 Å². The maximum absolute atomic E-state index is 12.2. The molecule has 2 amide bonds. The molecule has 2 aromatic carbocycles. The molecule has 2 aromatic rings. The largest absolute Gasteiger partial charge is 0.436 e. The van der Waals surface area contributed by atoms with Gasteiger partial charge in [-0.05, 0) is 11.1 Å². The van der Waals surface area contributed by atoms with Gasteiger partial charge in [-0.2, -0.15) is 0 Å². The summed E-state index contributed by atoms with van der Waals surface area (Å²) in [6, 6.07) is 15.7. The molecule has 0 atom stereocenters. The lowest BCUT2D eigenvalue weighted by atomic mass is 10.1. The fraction of sp³-hybridized carbons (Fsp3) is 0.176. The summed E-state index contributed by atoms with van der Waals surface area (Å²) in [6.07, 6.45) is -1.04. The topological polar surface area (TPSA) is 72.6 Å². The average Bonchev–Trinajstić information content (AvgIpc) is 2.81. The molecule has 1 aliphatic carbocycles. The SMILES string of the molecule is CN(CC(N)=O)C(=O)OC1c2ccccc2-c2ccccc21. The van der Waals surface area contributed by atoms with Crippen molar-refractivity contribution < 1.29 is 14.3 Å². The molecule has 0 radical (unpaired) electrons.